The number of primary sulfonamides is 1. The SMILES string of the molecule is C[Si](C)(C)O[C@H]1O[C@H](CNc2ccc(S(N)(=O)=O)cc2[N+](=O)[O-])[C@@H](O[Si](C)(C)C)[C@@H]1O[Si](C)(C)C. The third kappa shape index (κ3) is 9.33. The summed E-state index contributed by atoms with van der Waals surface area (Å²) >= 11 is 0. The second-order valence-electron chi connectivity index (χ2n) is 11.5. The van der Waals surface area contributed by atoms with Crippen LogP contribution in [0.2, 0.25) is 58.9 Å². The number of rotatable bonds is 11. The van der Waals surface area contributed by atoms with Crippen molar-refractivity contribution in [3.05, 3.63) is 28.3 Å². The smallest absolute Gasteiger partial charge is 0.293 e. The molecule has 0 aromatic heterocycles. The molecule has 0 spiro atoms. The minimum absolute atomic E-state index is 0.148. The summed E-state index contributed by atoms with van der Waals surface area (Å²) in [6.07, 6.45) is -2.01. The van der Waals surface area contributed by atoms with Crippen LogP contribution < -0.4 is 10.5 Å². The molecule has 15 heteroatoms. The molecular formula is C20H39N3O8SSi3. The molecule has 3 N–H and O–H groups in total. The highest BCUT2D eigenvalue weighted by atomic mass is 32.2. The van der Waals surface area contributed by atoms with E-state index in [1.807, 2.05) is 0 Å². The molecule has 1 saturated heterocycles. The first-order valence-electron chi connectivity index (χ1n) is 11.4. The van der Waals surface area contributed by atoms with Gasteiger partial charge in [-0.2, -0.15) is 0 Å². The predicted octanol–water partition coefficient (Wildman–Crippen LogP) is 3.67. The van der Waals surface area contributed by atoms with Gasteiger partial charge in [0.15, 0.2) is 31.2 Å². The van der Waals surface area contributed by atoms with Gasteiger partial charge in [-0.25, -0.2) is 13.6 Å². The van der Waals surface area contributed by atoms with E-state index < -0.39 is 70.2 Å². The van der Waals surface area contributed by atoms with Crippen LogP contribution in [0.4, 0.5) is 11.4 Å². The third-order valence-electron chi connectivity index (χ3n) is 4.70. The van der Waals surface area contributed by atoms with E-state index >= 15 is 0 Å². The van der Waals surface area contributed by atoms with Crippen LogP contribution in [-0.4, -0.2) is 69.4 Å². The number of nitro groups is 1. The Morgan fingerprint density at radius 3 is 1.94 bits per heavy atom. The number of benzene rings is 1. The average Bonchev–Trinajstić information content (AvgIpc) is 2.90. The quantitative estimate of drug-likeness (QED) is 0.232. The predicted molar refractivity (Wildman–Crippen MR) is 142 cm³/mol. The Kier molecular flexibility index (Phi) is 9.16. The summed E-state index contributed by atoms with van der Waals surface area (Å²) in [6, 6.07) is 3.50. The van der Waals surface area contributed by atoms with Gasteiger partial charge < -0.3 is 23.3 Å². The molecule has 0 amide bonds. The maximum absolute atomic E-state index is 11.6. The van der Waals surface area contributed by atoms with E-state index in [2.05, 4.69) is 64.2 Å². The maximum Gasteiger partial charge on any atom is 0.293 e. The second kappa shape index (κ2) is 10.7. The minimum Gasteiger partial charge on any atom is -0.409 e. The van der Waals surface area contributed by atoms with Crippen LogP contribution in [0.1, 0.15) is 0 Å². The van der Waals surface area contributed by atoms with Crippen molar-refractivity contribution >= 4 is 46.4 Å². The number of nitrogens with one attached hydrogen (secondary N) is 1. The van der Waals surface area contributed by atoms with Crippen molar-refractivity contribution in [1.29, 1.82) is 0 Å². The van der Waals surface area contributed by atoms with Gasteiger partial charge in [0.1, 0.15) is 24.0 Å². The Balaban J connectivity index is 2.38. The number of nitrogens with two attached hydrogens (primary N) is 1. The maximum atomic E-state index is 11.6. The van der Waals surface area contributed by atoms with Crippen LogP contribution in [0.25, 0.3) is 0 Å². The van der Waals surface area contributed by atoms with E-state index in [0.717, 1.165) is 6.07 Å². The summed E-state index contributed by atoms with van der Waals surface area (Å²) in [4.78, 5) is 10.6. The van der Waals surface area contributed by atoms with Crippen molar-refractivity contribution < 1.29 is 31.4 Å². The number of sulfonamides is 1. The highest BCUT2D eigenvalue weighted by molar-refractivity contribution is 7.89. The third-order valence-corrected chi connectivity index (χ3v) is 8.51. The van der Waals surface area contributed by atoms with Gasteiger partial charge in [-0.3, -0.25) is 10.1 Å². The van der Waals surface area contributed by atoms with E-state index in [1.54, 1.807) is 0 Å². The van der Waals surface area contributed by atoms with Crippen molar-refractivity contribution in [2.45, 2.75) is 88.4 Å². The van der Waals surface area contributed by atoms with Gasteiger partial charge in [0, 0.05) is 12.6 Å². The Bertz CT molecular complexity index is 1020. The Morgan fingerprint density at radius 1 is 0.971 bits per heavy atom. The van der Waals surface area contributed by atoms with E-state index in [9.17, 15) is 18.5 Å². The van der Waals surface area contributed by atoms with Crippen molar-refractivity contribution in [3.8, 4) is 0 Å². The van der Waals surface area contributed by atoms with E-state index in [0.29, 0.717) is 0 Å². The molecule has 1 heterocycles. The molecule has 35 heavy (non-hydrogen) atoms. The number of nitrogens with zero attached hydrogens (tertiary/aromatic N) is 1. The van der Waals surface area contributed by atoms with Gasteiger partial charge in [-0.1, -0.05) is 0 Å². The van der Waals surface area contributed by atoms with Gasteiger partial charge in [0.05, 0.1) is 9.82 Å². The molecule has 1 fully saturated rings. The monoisotopic (exact) mass is 565 g/mol. The highest BCUT2D eigenvalue weighted by Crippen LogP contribution is 2.34. The topological polar surface area (TPSA) is 152 Å². The first kappa shape index (κ1) is 30.0. The summed E-state index contributed by atoms with van der Waals surface area (Å²) in [5, 5.41) is 19.8. The summed E-state index contributed by atoms with van der Waals surface area (Å²) < 4.78 is 49.0. The van der Waals surface area contributed by atoms with E-state index in [-0.39, 0.29) is 17.1 Å². The van der Waals surface area contributed by atoms with Crippen molar-refractivity contribution in [2.75, 3.05) is 11.9 Å². The number of ether oxygens (including phenoxy) is 1. The van der Waals surface area contributed by atoms with Crippen LogP contribution >= 0.6 is 0 Å². The number of hydrogen-bond donors (Lipinski definition) is 2. The Morgan fingerprint density at radius 2 is 1.49 bits per heavy atom. The Hall–Kier alpha value is -1.18. The molecule has 2 rings (SSSR count). The van der Waals surface area contributed by atoms with Crippen molar-refractivity contribution in [3.63, 3.8) is 0 Å². The van der Waals surface area contributed by atoms with Crippen molar-refractivity contribution in [1.82, 2.24) is 0 Å². The zero-order valence-electron chi connectivity index (χ0n) is 21.9. The summed E-state index contributed by atoms with van der Waals surface area (Å²) in [5.41, 5.74) is -0.253. The molecule has 0 unspecified atom stereocenters. The first-order chi connectivity index (χ1) is 15.7. The fourth-order valence-corrected chi connectivity index (χ4v) is 7.17. The molecular weight excluding hydrogens is 527 g/mol. The molecule has 0 aliphatic carbocycles. The minimum atomic E-state index is -4.08. The fraction of sp³-hybridized carbons (Fsp3) is 0.700. The molecule has 0 bridgehead atoms. The van der Waals surface area contributed by atoms with Crippen LogP contribution in [0, 0.1) is 10.1 Å². The zero-order valence-corrected chi connectivity index (χ0v) is 25.8. The lowest BCUT2D eigenvalue weighted by atomic mass is 10.1. The molecule has 1 aromatic carbocycles. The van der Waals surface area contributed by atoms with Crippen LogP contribution in [0.3, 0.4) is 0 Å². The van der Waals surface area contributed by atoms with Gasteiger partial charge in [0.25, 0.3) is 5.69 Å². The lowest BCUT2D eigenvalue weighted by Gasteiger charge is -2.35. The van der Waals surface area contributed by atoms with Gasteiger partial charge in [-0.05, 0) is 71.1 Å². The lowest BCUT2D eigenvalue weighted by Crippen LogP contribution is -2.50. The van der Waals surface area contributed by atoms with Gasteiger partial charge in [0.2, 0.25) is 10.0 Å². The fourth-order valence-electron chi connectivity index (χ4n) is 3.58. The second-order valence-corrected chi connectivity index (χ2v) is 26.5. The first-order valence-corrected chi connectivity index (χ1v) is 23.2. The molecule has 4 atom stereocenters. The highest BCUT2D eigenvalue weighted by Gasteiger charge is 2.50. The van der Waals surface area contributed by atoms with Crippen molar-refractivity contribution in [2.24, 2.45) is 5.14 Å². The number of hydrogen-bond acceptors (Lipinski definition) is 9. The molecule has 11 nitrogen and oxygen atoms in total. The normalized spacial score (nSPS) is 23.9. The number of nitro benzene ring substituents is 1. The zero-order chi connectivity index (χ0) is 27.0. The average molecular weight is 566 g/mol. The molecule has 200 valence electrons. The van der Waals surface area contributed by atoms with Crippen LogP contribution in [0.5, 0.6) is 0 Å². The molecule has 0 radical (unpaired) electrons. The molecule has 1 aromatic rings. The molecule has 1 aliphatic rings. The number of anilines is 1. The largest absolute Gasteiger partial charge is 0.409 e. The summed E-state index contributed by atoms with van der Waals surface area (Å²) in [7, 11) is -10.1. The summed E-state index contributed by atoms with van der Waals surface area (Å²) in [5.74, 6) is 0. The van der Waals surface area contributed by atoms with Crippen LogP contribution in [0.15, 0.2) is 23.1 Å². The van der Waals surface area contributed by atoms with E-state index in [1.165, 1.54) is 12.1 Å². The van der Waals surface area contributed by atoms with E-state index in [4.69, 9.17) is 23.2 Å². The summed E-state index contributed by atoms with van der Waals surface area (Å²) in [6.45, 7) is 18.9. The Labute approximate surface area is 211 Å². The van der Waals surface area contributed by atoms with Gasteiger partial charge >= 0.3 is 0 Å². The lowest BCUT2D eigenvalue weighted by molar-refractivity contribution is -0.384. The van der Waals surface area contributed by atoms with Gasteiger partial charge in [-0.15, -0.1) is 0 Å². The molecule has 1 aliphatic heterocycles. The van der Waals surface area contributed by atoms with Crippen LogP contribution in [-0.2, 0) is 28.0 Å². The standard InChI is InChI=1S/C20H39N3O8SSi3/c1-33(2,3)29-18-17(28-20(31-35(7,8)9)19(18)30-34(4,5)6)13-22-15-11-10-14(32(21,26)27)12-16(15)23(24)25/h10-12,17-20,22H,13H2,1-9H3,(H2,21,26,27)/t17-,18-,19+,20-/m1/s1. The molecule has 0 saturated carbocycles.